The number of nitrogens with one attached hydrogen (secondary N) is 1. The number of hydrogen-bond acceptors (Lipinski definition) is 5. The number of furan rings is 1. The van der Waals surface area contributed by atoms with Gasteiger partial charge in [-0.15, -0.1) is 0 Å². The summed E-state index contributed by atoms with van der Waals surface area (Å²) in [6, 6.07) is 9.13. The summed E-state index contributed by atoms with van der Waals surface area (Å²) in [5, 5.41) is 2.94. The van der Waals surface area contributed by atoms with Gasteiger partial charge < -0.3 is 14.6 Å². The third kappa shape index (κ3) is 4.13. The van der Waals surface area contributed by atoms with E-state index in [0.29, 0.717) is 37.3 Å². The highest BCUT2D eigenvalue weighted by Gasteiger charge is 2.26. The highest BCUT2D eigenvalue weighted by molar-refractivity contribution is 7.90. The fourth-order valence-electron chi connectivity index (χ4n) is 2.91. The minimum atomic E-state index is -3.28. The summed E-state index contributed by atoms with van der Waals surface area (Å²) in [7, 11) is -3.28. The Balaban J connectivity index is 1.54. The highest BCUT2D eigenvalue weighted by Crippen LogP contribution is 2.16. The molecular weight excluding hydrogens is 356 g/mol. The molecule has 138 valence electrons. The lowest BCUT2D eigenvalue weighted by Gasteiger charge is -2.31. The standard InChI is InChI=1S/C18H20N2O5S/c1-26(23,24)15-6-4-13(5-7-15)17(21)19-14-8-10-20(11-9-14)18(22)16-3-2-12-25-16/h2-7,12,14H,8-11H2,1H3,(H,19,21). The zero-order chi connectivity index (χ0) is 18.7. The molecule has 0 atom stereocenters. The Morgan fingerprint density at radius 2 is 1.77 bits per heavy atom. The number of carbonyl (C=O) groups is 2. The summed E-state index contributed by atoms with van der Waals surface area (Å²) < 4.78 is 28.1. The van der Waals surface area contributed by atoms with Gasteiger partial charge in [0.1, 0.15) is 0 Å². The number of benzene rings is 1. The summed E-state index contributed by atoms with van der Waals surface area (Å²) in [6.07, 6.45) is 3.90. The van der Waals surface area contributed by atoms with Crippen LogP contribution >= 0.6 is 0 Å². The van der Waals surface area contributed by atoms with Gasteiger partial charge >= 0.3 is 0 Å². The van der Waals surface area contributed by atoms with Crippen molar-refractivity contribution in [3.63, 3.8) is 0 Å². The van der Waals surface area contributed by atoms with E-state index in [1.54, 1.807) is 17.0 Å². The summed E-state index contributed by atoms with van der Waals surface area (Å²) in [4.78, 5) is 26.4. The molecule has 0 aliphatic carbocycles. The Labute approximate surface area is 151 Å². The maximum atomic E-state index is 12.3. The molecule has 2 aromatic rings. The molecule has 2 heterocycles. The van der Waals surface area contributed by atoms with E-state index in [-0.39, 0.29) is 22.8 Å². The van der Waals surface area contributed by atoms with Crippen molar-refractivity contribution in [2.45, 2.75) is 23.8 Å². The van der Waals surface area contributed by atoms with E-state index in [9.17, 15) is 18.0 Å². The van der Waals surface area contributed by atoms with Gasteiger partial charge in [-0.3, -0.25) is 9.59 Å². The molecule has 1 N–H and O–H groups in total. The number of likely N-dealkylation sites (tertiary alicyclic amines) is 1. The molecule has 1 aliphatic heterocycles. The van der Waals surface area contributed by atoms with Gasteiger partial charge in [-0.1, -0.05) is 0 Å². The Morgan fingerprint density at radius 1 is 1.12 bits per heavy atom. The van der Waals surface area contributed by atoms with E-state index < -0.39 is 9.84 Å². The molecule has 0 bridgehead atoms. The second-order valence-electron chi connectivity index (χ2n) is 6.31. The lowest BCUT2D eigenvalue weighted by molar-refractivity contribution is 0.0667. The smallest absolute Gasteiger partial charge is 0.289 e. The molecule has 1 saturated heterocycles. The first-order valence-corrected chi connectivity index (χ1v) is 10.2. The fraction of sp³-hybridized carbons (Fsp3) is 0.333. The summed E-state index contributed by atoms with van der Waals surface area (Å²) in [5.41, 5.74) is 0.409. The minimum Gasteiger partial charge on any atom is -0.459 e. The Kier molecular flexibility index (Phi) is 5.13. The zero-order valence-electron chi connectivity index (χ0n) is 14.3. The van der Waals surface area contributed by atoms with Crippen molar-refractivity contribution < 1.29 is 22.4 Å². The van der Waals surface area contributed by atoms with E-state index in [4.69, 9.17) is 4.42 Å². The minimum absolute atomic E-state index is 0.0299. The van der Waals surface area contributed by atoms with Crippen LogP contribution in [0, 0.1) is 0 Å². The first kappa shape index (κ1) is 18.2. The van der Waals surface area contributed by atoms with Crippen molar-refractivity contribution in [3.05, 3.63) is 54.0 Å². The van der Waals surface area contributed by atoms with Crippen LogP contribution in [0.5, 0.6) is 0 Å². The van der Waals surface area contributed by atoms with E-state index in [0.717, 1.165) is 6.26 Å². The second-order valence-corrected chi connectivity index (χ2v) is 8.33. The van der Waals surface area contributed by atoms with Crippen LogP contribution in [-0.4, -0.2) is 50.5 Å². The average molecular weight is 376 g/mol. The molecule has 0 unspecified atom stereocenters. The monoisotopic (exact) mass is 376 g/mol. The highest BCUT2D eigenvalue weighted by atomic mass is 32.2. The van der Waals surface area contributed by atoms with E-state index in [1.165, 1.54) is 30.5 Å². The first-order valence-electron chi connectivity index (χ1n) is 8.28. The molecule has 1 aromatic heterocycles. The molecule has 7 nitrogen and oxygen atoms in total. The van der Waals surface area contributed by atoms with Crippen molar-refractivity contribution in [3.8, 4) is 0 Å². The number of nitrogens with zero attached hydrogens (tertiary/aromatic N) is 1. The molecule has 0 spiro atoms. The van der Waals surface area contributed by atoms with Crippen molar-refractivity contribution in [1.29, 1.82) is 0 Å². The van der Waals surface area contributed by atoms with Crippen LogP contribution in [0.3, 0.4) is 0 Å². The first-order chi connectivity index (χ1) is 12.3. The Hall–Kier alpha value is -2.61. The molecule has 8 heteroatoms. The van der Waals surface area contributed by atoms with Gasteiger partial charge in [0, 0.05) is 31.0 Å². The van der Waals surface area contributed by atoms with Gasteiger partial charge in [0.15, 0.2) is 15.6 Å². The number of rotatable bonds is 4. The van der Waals surface area contributed by atoms with Gasteiger partial charge in [0.2, 0.25) is 0 Å². The molecule has 1 aliphatic rings. The van der Waals surface area contributed by atoms with Crippen LogP contribution in [0.15, 0.2) is 52.0 Å². The molecule has 26 heavy (non-hydrogen) atoms. The molecule has 1 aromatic carbocycles. The van der Waals surface area contributed by atoms with Crippen molar-refractivity contribution in [1.82, 2.24) is 10.2 Å². The predicted molar refractivity (Wildman–Crippen MR) is 94.7 cm³/mol. The number of amides is 2. The number of carbonyl (C=O) groups excluding carboxylic acids is 2. The molecule has 1 fully saturated rings. The lowest BCUT2D eigenvalue weighted by atomic mass is 10.0. The molecule has 3 rings (SSSR count). The third-order valence-electron chi connectivity index (χ3n) is 4.39. The molecule has 0 radical (unpaired) electrons. The second kappa shape index (κ2) is 7.33. The maximum absolute atomic E-state index is 12.3. The van der Waals surface area contributed by atoms with E-state index in [2.05, 4.69) is 5.32 Å². The van der Waals surface area contributed by atoms with Gasteiger partial charge in [-0.25, -0.2) is 8.42 Å². The van der Waals surface area contributed by atoms with Crippen LogP contribution in [0.1, 0.15) is 33.8 Å². The Bertz CT molecular complexity index is 880. The molecular formula is C18H20N2O5S. The van der Waals surface area contributed by atoms with Gasteiger partial charge in [0.05, 0.1) is 11.2 Å². The Morgan fingerprint density at radius 3 is 2.31 bits per heavy atom. The number of piperidine rings is 1. The van der Waals surface area contributed by atoms with Crippen LogP contribution in [0.4, 0.5) is 0 Å². The molecule has 0 saturated carbocycles. The lowest BCUT2D eigenvalue weighted by Crippen LogP contribution is -2.46. The van der Waals surface area contributed by atoms with Gasteiger partial charge in [0.25, 0.3) is 11.8 Å². The van der Waals surface area contributed by atoms with Crippen molar-refractivity contribution >= 4 is 21.7 Å². The average Bonchev–Trinajstić information content (AvgIpc) is 3.16. The van der Waals surface area contributed by atoms with E-state index >= 15 is 0 Å². The van der Waals surface area contributed by atoms with Crippen LogP contribution in [-0.2, 0) is 9.84 Å². The van der Waals surface area contributed by atoms with Crippen LogP contribution < -0.4 is 5.32 Å². The summed E-state index contributed by atoms with van der Waals surface area (Å²) in [6.45, 7) is 1.08. The predicted octanol–water partition coefficient (Wildman–Crippen LogP) is 1.72. The van der Waals surface area contributed by atoms with Crippen LogP contribution in [0.2, 0.25) is 0 Å². The van der Waals surface area contributed by atoms with Gasteiger partial charge in [-0.2, -0.15) is 0 Å². The van der Waals surface area contributed by atoms with Crippen LogP contribution in [0.25, 0.3) is 0 Å². The van der Waals surface area contributed by atoms with Crippen molar-refractivity contribution in [2.24, 2.45) is 0 Å². The quantitative estimate of drug-likeness (QED) is 0.876. The topological polar surface area (TPSA) is 96.7 Å². The van der Waals surface area contributed by atoms with Crippen molar-refractivity contribution in [2.75, 3.05) is 19.3 Å². The molecule has 2 amide bonds. The largest absolute Gasteiger partial charge is 0.459 e. The third-order valence-corrected chi connectivity index (χ3v) is 5.52. The van der Waals surface area contributed by atoms with Gasteiger partial charge in [-0.05, 0) is 49.2 Å². The number of hydrogen-bond donors (Lipinski definition) is 1. The fourth-order valence-corrected chi connectivity index (χ4v) is 3.54. The summed E-state index contributed by atoms with van der Waals surface area (Å²) in [5.74, 6) is -0.0737. The maximum Gasteiger partial charge on any atom is 0.289 e. The SMILES string of the molecule is CS(=O)(=O)c1ccc(C(=O)NC2CCN(C(=O)c3ccco3)CC2)cc1. The number of sulfone groups is 1. The normalized spacial score (nSPS) is 15.7. The summed E-state index contributed by atoms with van der Waals surface area (Å²) >= 11 is 0. The zero-order valence-corrected chi connectivity index (χ0v) is 15.2. The van der Waals surface area contributed by atoms with E-state index in [1.807, 2.05) is 0 Å².